The molecule has 1 aliphatic heterocycles. The molecular formula is C29H30F2N6O5S. The monoisotopic (exact) mass is 612 g/mol. The number of rotatable bonds is 10. The SMILES string of the molecule is Cc1ccc2c(NS(=O)(=O)CCCF)c(F)ccc2c1Oc1ncccc1-c1ccnc(NC2CCCN(C(=O)O)C2)n1. The summed E-state index contributed by atoms with van der Waals surface area (Å²) in [6.45, 7) is 1.79. The van der Waals surface area contributed by atoms with Crippen LogP contribution in [0.15, 0.2) is 54.9 Å². The van der Waals surface area contributed by atoms with Crippen molar-refractivity contribution in [3.05, 3.63) is 66.2 Å². The Morgan fingerprint density at radius 2 is 1.95 bits per heavy atom. The number of aromatic nitrogens is 3. The van der Waals surface area contributed by atoms with E-state index in [0.29, 0.717) is 47.0 Å². The summed E-state index contributed by atoms with van der Waals surface area (Å²) in [5.74, 6) is -0.404. The average Bonchev–Trinajstić information content (AvgIpc) is 2.99. The Morgan fingerprint density at radius 3 is 2.74 bits per heavy atom. The second-order valence-electron chi connectivity index (χ2n) is 10.1. The molecule has 2 aromatic carbocycles. The summed E-state index contributed by atoms with van der Waals surface area (Å²) >= 11 is 0. The Labute approximate surface area is 247 Å². The standard InChI is InChI=1S/C29H30F2N6O5S/c1-18-7-8-20-21(9-10-23(31)25(20)36-43(40,41)16-4-12-30)26(18)42-27-22(6-2-13-32-27)24-11-14-33-28(35-24)34-19-5-3-15-37(17-19)29(38)39/h2,6-11,13-14,19,36H,3-5,12,15-17H2,1H3,(H,38,39)(H,33,34,35). The molecular weight excluding hydrogens is 582 g/mol. The summed E-state index contributed by atoms with van der Waals surface area (Å²) in [6.07, 6.45) is 3.44. The topological polar surface area (TPSA) is 147 Å². The molecule has 11 nitrogen and oxygen atoms in total. The van der Waals surface area contributed by atoms with Crippen LogP contribution in [0.25, 0.3) is 22.0 Å². The van der Waals surface area contributed by atoms with Crippen molar-refractivity contribution < 1.29 is 31.8 Å². The fourth-order valence-electron chi connectivity index (χ4n) is 4.94. The molecule has 0 spiro atoms. The molecule has 14 heteroatoms. The number of anilines is 2. The first-order valence-corrected chi connectivity index (χ1v) is 15.3. The number of aryl methyl sites for hydroxylation is 1. The minimum atomic E-state index is -3.99. The van der Waals surface area contributed by atoms with Gasteiger partial charge < -0.3 is 20.1 Å². The van der Waals surface area contributed by atoms with Crippen molar-refractivity contribution in [1.82, 2.24) is 19.9 Å². The van der Waals surface area contributed by atoms with Crippen LogP contribution in [0.5, 0.6) is 11.6 Å². The maximum Gasteiger partial charge on any atom is 0.407 e. The number of fused-ring (bicyclic) bond motifs is 1. The molecule has 3 heterocycles. The second-order valence-corrected chi connectivity index (χ2v) is 12.0. The number of amides is 1. The van der Waals surface area contributed by atoms with Gasteiger partial charge in [-0.25, -0.2) is 32.6 Å². The number of hydrogen-bond donors (Lipinski definition) is 3. The quantitative estimate of drug-likeness (QED) is 0.209. The van der Waals surface area contributed by atoms with Crippen LogP contribution in [0, 0.1) is 12.7 Å². The highest BCUT2D eigenvalue weighted by molar-refractivity contribution is 7.92. The molecule has 1 aliphatic rings. The van der Waals surface area contributed by atoms with Gasteiger partial charge in [0.15, 0.2) is 0 Å². The minimum Gasteiger partial charge on any atom is -0.465 e. The Hall–Kier alpha value is -4.59. The number of likely N-dealkylation sites (tertiary alicyclic amines) is 1. The van der Waals surface area contributed by atoms with Crippen molar-refractivity contribution in [3.63, 3.8) is 0 Å². The number of carbonyl (C=O) groups is 1. The van der Waals surface area contributed by atoms with E-state index in [2.05, 4.69) is 25.0 Å². The van der Waals surface area contributed by atoms with Gasteiger partial charge in [0.2, 0.25) is 21.9 Å². The van der Waals surface area contributed by atoms with Crippen LogP contribution >= 0.6 is 0 Å². The Kier molecular flexibility index (Phi) is 8.85. The van der Waals surface area contributed by atoms with Gasteiger partial charge in [-0.15, -0.1) is 0 Å². The molecule has 1 atom stereocenters. The molecule has 2 aromatic heterocycles. The largest absolute Gasteiger partial charge is 0.465 e. The van der Waals surface area contributed by atoms with E-state index in [1.807, 2.05) is 0 Å². The molecule has 4 aromatic rings. The summed E-state index contributed by atoms with van der Waals surface area (Å²) in [6, 6.07) is 10.9. The number of halogens is 2. The zero-order valence-corrected chi connectivity index (χ0v) is 24.1. The molecule has 1 unspecified atom stereocenters. The van der Waals surface area contributed by atoms with E-state index in [1.54, 1.807) is 49.6 Å². The number of sulfonamides is 1. The van der Waals surface area contributed by atoms with Gasteiger partial charge in [-0.3, -0.25) is 9.11 Å². The molecule has 0 saturated carbocycles. The van der Waals surface area contributed by atoms with E-state index < -0.39 is 34.4 Å². The van der Waals surface area contributed by atoms with E-state index in [0.717, 1.165) is 18.9 Å². The second kappa shape index (κ2) is 12.7. The molecule has 1 amide bonds. The third kappa shape index (κ3) is 6.91. The fraction of sp³-hybridized carbons (Fsp3) is 0.310. The number of nitrogens with zero attached hydrogens (tertiary/aromatic N) is 4. The molecule has 5 rings (SSSR count). The number of alkyl halides is 1. The highest BCUT2D eigenvalue weighted by atomic mass is 32.2. The summed E-state index contributed by atoms with van der Waals surface area (Å²) < 4.78 is 61.0. The number of nitrogens with one attached hydrogen (secondary N) is 2. The molecule has 3 N–H and O–H groups in total. The highest BCUT2D eigenvalue weighted by Crippen LogP contribution is 2.39. The Morgan fingerprint density at radius 1 is 1.14 bits per heavy atom. The Bertz CT molecular complexity index is 1760. The van der Waals surface area contributed by atoms with Gasteiger partial charge in [-0.05, 0) is 62.1 Å². The Balaban J connectivity index is 1.46. The van der Waals surface area contributed by atoms with E-state index in [-0.39, 0.29) is 29.4 Å². The van der Waals surface area contributed by atoms with Gasteiger partial charge in [0.05, 0.1) is 29.4 Å². The number of piperidine rings is 1. The zero-order valence-electron chi connectivity index (χ0n) is 23.3. The molecule has 43 heavy (non-hydrogen) atoms. The van der Waals surface area contributed by atoms with Crippen LogP contribution in [-0.2, 0) is 10.0 Å². The van der Waals surface area contributed by atoms with Gasteiger partial charge in [0.1, 0.15) is 11.6 Å². The number of pyridine rings is 1. The average molecular weight is 613 g/mol. The summed E-state index contributed by atoms with van der Waals surface area (Å²) in [5.41, 5.74) is 1.47. The van der Waals surface area contributed by atoms with Crippen LogP contribution in [-0.4, -0.2) is 71.0 Å². The van der Waals surface area contributed by atoms with Crippen LogP contribution in [0.4, 0.5) is 25.2 Å². The van der Waals surface area contributed by atoms with Gasteiger partial charge >= 0.3 is 6.09 Å². The number of carboxylic acid groups (broad SMARTS) is 1. The third-order valence-corrected chi connectivity index (χ3v) is 8.37. The van der Waals surface area contributed by atoms with Crippen molar-refractivity contribution in [1.29, 1.82) is 0 Å². The lowest BCUT2D eigenvalue weighted by Crippen LogP contribution is -2.44. The van der Waals surface area contributed by atoms with Gasteiger partial charge in [0, 0.05) is 42.3 Å². The normalized spacial score (nSPS) is 15.3. The molecule has 226 valence electrons. The van der Waals surface area contributed by atoms with Gasteiger partial charge in [-0.1, -0.05) is 12.1 Å². The van der Waals surface area contributed by atoms with Crippen LogP contribution < -0.4 is 14.8 Å². The fourth-order valence-corrected chi connectivity index (χ4v) is 6.05. The van der Waals surface area contributed by atoms with Crippen molar-refractivity contribution in [2.24, 2.45) is 0 Å². The highest BCUT2D eigenvalue weighted by Gasteiger charge is 2.24. The first-order chi connectivity index (χ1) is 20.6. The van der Waals surface area contributed by atoms with Crippen molar-refractivity contribution in [3.8, 4) is 22.9 Å². The predicted octanol–water partition coefficient (Wildman–Crippen LogP) is 5.59. The zero-order chi connectivity index (χ0) is 30.6. The number of ether oxygens (including phenoxy) is 1. The van der Waals surface area contributed by atoms with Crippen LogP contribution in [0.2, 0.25) is 0 Å². The number of benzene rings is 2. The van der Waals surface area contributed by atoms with Crippen molar-refractivity contribution in [2.45, 2.75) is 32.2 Å². The molecule has 0 radical (unpaired) electrons. The third-order valence-electron chi connectivity index (χ3n) is 7.03. The van der Waals surface area contributed by atoms with Gasteiger partial charge in [-0.2, -0.15) is 0 Å². The van der Waals surface area contributed by atoms with Gasteiger partial charge in [0.25, 0.3) is 0 Å². The lowest BCUT2D eigenvalue weighted by Gasteiger charge is -2.31. The maximum absolute atomic E-state index is 14.9. The first-order valence-electron chi connectivity index (χ1n) is 13.6. The van der Waals surface area contributed by atoms with E-state index in [9.17, 15) is 27.1 Å². The summed E-state index contributed by atoms with van der Waals surface area (Å²) in [7, 11) is -3.99. The lowest BCUT2D eigenvalue weighted by atomic mass is 10.0. The lowest BCUT2D eigenvalue weighted by molar-refractivity contribution is 0.132. The molecule has 0 aliphatic carbocycles. The minimum absolute atomic E-state index is 0.146. The smallest absolute Gasteiger partial charge is 0.407 e. The van der Waals surface area contributed by atoms with E-state index in [4.69, 9.17) is 4.74 Å². The van der Waals surface area contributed by atoms with Crippen LogP contribution in [0.3, 0.4) is 0 Å². The van der Waals surface area contributed by atoms with E-state index in [1.165, 1.54) is 11.0 Å². The number of hydrogen-bond acceptors (Lipinski definition) is 8. The summed E-state index contributed by atoms with van der Waals surface area (Å²) in [4.78, 5) is 26.1. The van der Waals surface area contributed by atoms with Crippen LogP contribution in [0.1, 0.15) is 24.8 Å². The predicted molar refractivity (Wildman–Crippen MR) is 158 cm³/mol. The first kappa shape index (κ1) is 29.9. The molecule has 0 bridgehead atoms. The van der Waals surface area contributed by atoms with E-state index >= 15 is 0 Å². The molecule has 1 saturated heterocycles. The molecule has 1 fully saturated rings. The maximum atomic E-state index is 14.9. The summed E-state index contributed by atoms with van der Waals surface area (Å²) in [5, 5.41) is 13.3. The van der Waals surface area contributed by atoms with Crippen molar-refractivity contribution in [2.75, 3.05) is 35.6 Å². The van der Waals surface area contributed by atoms with Crippen molar-refractivity contribution >= 4 is 38.5 Å².